The summed E-state index contributed by atoms with van der Waals surface area (Å²) in [5.74, 6) is -1.88. The number of benzene rings is 1. The van der Waals surface area contributed by atoms with Crippen molar-refractivity contribution in [3.8, 4) is 0 Å². The largest absolute Gasteiger partial charge is 0.480 e. The highest BCUT2D eigenvalue weighted by molar-refractivity contribution is 7.94. The Morgan fingerprint density at radius 1 is 1.15 bits per heavy atom. The summed E-state index contributed by atoms with van der Waals surface area (Å²) >= 11 is 0. The van der Waals surface area contributed by atoms with E-state index < -0.39 is 31.7 Å². The number of hydrogen-bond acceptors (Lipinski definition) is 4. The van der Waals surface area contributed by atoms with E-state index in [0.29, 0.717) is 0 Å². The number of nitrogens with one attached hydrogen (secondary N) is 1. The summed E-state index contributed by atoms with van der Waals surface area (Å²) in [7, 11) is -3.78. The summed E-state index contributed by atoms with van der Waals surface area (Å²) in [5, 5.41) is 10.7. The molecule has 2 atom stereocenters. The molecule has 0 bridgehead atoms. The molecule has 6 nitrogen and oxygen atoms in total. The second kappa shape index (κ2) is 7.26. The lowest BCUT2D eigenvalue weighted by molar-refractivity contribution is -0.136. The van der Waals surface area contributed by atoms with Crippen LogP contribution in [0.15, 0.2) is 24.3 Å². The van der Waals surface area contributed by atoms with Crippen LogP contribution in [0.25, 0.3) is 0 Å². The minimum absolute atomic E-state index is 0.0427. The van der Waals surface area contributed by atoms with Crippen LogP contribution in [0.3, 0.4) is 0 Å². The Morgan fingerprint density at radius 3 is 2.19 bits per heavy atom. The molecule has 1 aromatic rings. The molecule has 0 aromatic heterocycles. The van der Waals surface area contributed by atoms with Crippen LogP contribution in [0, 0.1) is 11.8 Å². The van der Waals surface area contributed by atoms with E-state index >= 15 is 0 Å². The minimum Gasteiger partial charge on any atom is -0.480 e. The van der Waals surface area contributed by atoms with Gasteiger partial charge in [0.1, 0.15) is 0 Å². The highest BCUT2D eigenvalue weighted by Gasteiger charge is 2.56. The minimum atomic E-state index is -3.78. The third kappa shape index (κ3) is 3.61. The van der Waals surface area contributed by atoms with Crippen molar-refractivity contribution in [3.05, 3.63) is 35.4 Å². The van der Waals surface area contributed by atoms with Gasteiger partial charge in [0.2, 0.25) is 5.91 Å². The number of carbonyl (C=O) groups is 2. The Bertz CT molecular complexity index is 819. The van der Waals surface area contributed by atoms with Gasteiger partial charge >= 0.3 is 5.97 Å². The summed E-state index contributed by atoms with van der Waals surface area (Å²) in [6.45, 7) is 3.31. The number of aryl methyl sites for hydroxylation is 2. The van der Waals surface area contributed by atoms with E-state index in [2.05, 4.69) is 17.4 Å². The predicted octanol–water partition coefficient (Wildman–Crippen LogP) is 1.96. The van der Waals surface area contributed by atoms with Gasteiger partial charge in [-0.2, -0.15) is 0 Å². The molecule has 1 amide bonds. The Kier molecular flexibility index (Phi) is 5.34. The molecule has 0 radical (unpaired) electrons. The molecule has 0 saturated carbocycles. The van der Waals surface area contributed by atoms with Crippen molar-refractivity contribution < 1.29 is 23.1 Å². The van der Waals surface area contributed by atoms with Crippen LogP contribution >= 0.6 is 0 Å². The molecule has 7 heteroatoms. The zero-order valence-corrected chi connectivity index (χ0v) is 16.6. The fourth-order valence-electron chi connectivity index (χ4n) is 4.31. The quantitative estimate of drug-likeness (QED) is 0.762. The third-order valence-electron chi connectivity index (χ3n) is 6.40. The van der Waals surface area contributed by atoms with Crippen molar-refractivity contribution in [1.29, 1.82) is 0 Å². The molecule has 1 fully saturated rings. The van der Waals surface area contributed by atoms with E-state index in [1.54, 1.807) is 13.8 Å². The maximum atomic E-state index is 12.7. The predicted molar refractivity (Wildman–Crippen MR) is 102 cm³/mol. The van der Waals surface area contributed by atoms with E-state index in [0.717, 1.165) is 25.7 Å². The summed E-state index contributed by atoms with van der Waals surface area (Å²) in [4.78, 5) is 24.0. The molecule has 1 saturated heterocycles. The number of carboxylic acid groups (broad SMARTS) is 1. The van der Waals surface area contributed by atoms with Crippen LogP contribution in [-0.4, -0.2) is 41.9 Å². The lowest BCUT2D eigenvalue weighted by atomic mass is 9.90. The van der Waals surface area contributed by atoms with Crippen molar-refractivity contribution in [2.24, 2.45) is 11.8 Å². The van der Waals surface area contributed by atoms with Crippen molar-refractivity contribution in [3.63, 3.8) is 0 Å². The van der Waals surface area contributed by atoms with Crippen molar-refractivity contribution in [2.75, 3.05) is 6.54 Å². The smallest absolute Gasteiger partial charge is 0.321 e. The van der Waals surface area contributed by atoms with Crippen LogP contribution in [-0.2, 0) is 32.3 Å². The van der Waals surface area contributed by atoms with Gasteiger partial charge in [-0.3, -0.25) is 9.59 Å². The molecule has 2 aliphatic rings. The van der Waals surface area contributed by atoms with Gasteiger partial charge in [-0.1, -0.05) is 24.3 Å². The van der Waals surface area contributed by atoms with Crippen LogP contribution < -0.4 is 5.32 Å². The third-order valence-corrected chi connectivity index (χ3v) is 9.34. The Balaban J connectivity index is 1.62. The molecule has 1 aliphatic heterocycles. The second-order valence-electron chi connectivity index (χ2n) is 8.20. The molecule has 148 valence electrons. The average Bonchev–Trinajstić information content (AvgIpc) is 2.75. The molecule has 2 N–H and O–H groups in total. The highest BCUT2D eigenvalue weighted by Crippen LogP contribution is 2.41. The lowest BCUT2D eigenvalue weighted by Gasteiger charge is -2.26. The fourth-order valence-corrected chi connectivity index (χ4v) is 6.44. The van der Waals surface area contributed by atoms with E-state index in [1.165, 1.54) is 11.1 Å². The zero-order chi connectivity index (χ0) is 19.8. The molecule has 1 heterocycles. The molecule has 1 aliphatic carbocycles. The van der Waals surface area contributed by atoms with E-state index in [1.807, 2.05) is 12.1 Å². The molecule has 0 spiro atoms. The van der Waals surface area contributed by atoms with Crippen LogP contribution in [0.1, 0.15) is 44.2 Å². The number of hydrogen-bond donors (Lipinski definition) is 2. The molecular weight excluding hydrogens is 366 g/mol. The zero-order valence-electron chi connectivity index (χ0n) is 15.8. The van der Waals surface area contributed by atoms with Gasteiger partial charge in [0, 0.05) is 12.5 Å². The molecule has 1 aromatic carbocycles. The topological polar surface area (TPSA) is 101 Å². The van der Waals surface area contributed by atoms with Crippen molar-refractivity contribution in [1.82, 2.24) is 5.32 Å². The summed E-state index contributed by atoms with van der Waals surface area (Å²) < 4.78 is 23.8. The van der Waals surface area contributed by atoms with Gasteiger partial charge in [-0.05, 0) is 63.0 Å². The first-order valence-corrected chi connectivity index (χ1v) is 11.0. The first kappa shape index (κ1) is 19.9. The first-order chi connectivity index (χ1) is 12.6. The van der Waals surface area contributed by atoms with Gasteiger partial charge < -0.3 is 10.4 Å². The summed E-state index contributed by atoms with van der Waals surface area (Å²) in [6.07, 6.45) is 3.30. The Morgan fingerprint density at radius 2 is 1.70 bits per heavy atom. The summed E-state index contributed by atoms with van der Waals surface area (Å²) in [6, 6.07) is 8.24. The van der Waals surface area contributed by atoms with Crippen molar-refractivity contribution >= 4 is 21.7 Å². The molecule has 2 unspecified atom stereocenters. The average molecular weight is 394 g/mol. The van der Waals surface area contributed by atoms with Gasteiger partial charge in [0.15, 0.2) is 15.1 Å². The van der Waals surface area contributed by atoms with Gasteiger partial charge in [-0.15, -0.1) is 0 Å². The van der Waals surface area contributed by atoms with Gasteiger partial charge in [-0.25, -0.2) is 8.42 Å². The van der Waals surface area contributed by atoms with Gasteiger partial charge in [0.25, 0.3) is 0 Å². The molecule has 3 rings (SSSR count). The number of carboxylic acids is 1. The lowest BCUT2D eigenvalue weighted by Crippen LogP contribution is -2.43. The number of rotatable bonds is 4. The summed E-state index contributed by atoms with van der Waals surface area (Å²) in [5.41, 5.74) is 2.58. The fraction of sp³-hybridized carbons (Fsp3) is 0.600. The standard InChI is InChI=1S/C20H27NO5S/c1-20(2)16(11-17(19(23)24)27(20,25)26)12-21-18(22)15-9-7-13-5-3-4-6-14(13)8-10-15/h3-6,15-17H,7-12H2,1-2H3,(H,21,22)(H,23,24). The number of carbonyl (C=O) groups excluding carboxylic acids is 1. The Labute approximate surface area is 160 Å². The molecular formula is C20H27NO5S. The molecule has 27 heavy (non-hydrogen) atoms. The number of amides is 1. The number of sulfone groups is 1. The maximum Gasteiger partial charge on any atom is 0.321 e. The number of fused-ring (bicyclic) bond motifs is 1. The maximum absolute atomic E-state index is 12.7. The van der Waals surface area contributed by atoms with Crippen LogP contribution in [0.2, 0.25) is 0 Å². The normalized spacial score (nSPS) is 26.7. The van der Waals surface area contributed by atoms with Crippen molar-refractivity contribution in [2.45, 2.75) is 55.9 Å². The van der Waals surface area contributed by atoms with E-state index in [-0.39, 0.29) is 24.8 Å². The first-order valence-electron chi connectivity index (χ1n) is 9.45. The monoisotopic (exact) mass is 393 g/mol. The van der Waals surface area contributed by atoms with E-state index in [9.17, 15) is 23.1 Å². The SMILES string of the molecule is CC1(C)C(CNC(=O)C2CCc3ccccc3CC2)CC(C(=O)O)S1(=O)=O. The van der Waals surface area contributed by atoms with Gasteiger partial charge in [0.05, 0.1) is 4.75 Å². The van der Waals surface area contributed by atoms with Crippen LogP contribution in [0.4, 0.5) is 0 Å². The number of aliphatic carboxylic acids is 1. The van der Waals surface area contributed by atoms with Crippen LogP contribution in [0.5, 0.6) is 0 Å². The Hall–Kier alpha value is -1.89. The second-order valence-corrected chi connectivity index (χ2v) is 10.9. The van der Waals surface area contributed by atoms with E-state index in [4.69, 9.17) is 0 Å². The highest BCUT2D eigenvalue weighted by atomic mass is 32.2.